The summed E-state index contributed by atoms with van der Waals surface area (Å²) in [7, 11) is 0. The van der Waals surface area contributed by atoms with E-state index < -0.39 is 0 Å². The highest BCUT2D eigenvalue weighted by atomic mass is 13.9. The molecule has 0 saturated heterocycles. The fraction of sp³-hybridized carbons (Fsp3) is 0.333. The molecule has 0 aromatic rings. The maximum Gasteiger partial charge on any atom is -0.0279 e. The largest absolute Gasteiger partial charge is 0.0985 e. The third kappa shape index (κ3) is 2.91. The Balaban J connectivity index is 4.14. The second-order valence-corrected chi connectivity index (χ2v) is 2.05. The number of allylic oxidation sites excluding steroid dienone is 4. The van der Waals surface area contributed by atoms with Gasteiger partial charge in [0.1, 0.15) is 0 Å². The van der Waals surface area contributed by atoms with Crippen molar-refractivity contribution >= 4 is 0 Å². The summed E-state index contributed by atoms with van der Waals surface area (Å²) < 4.78 is 0. The molecular formula is C9H14. The molecule has 0 fully saturated rings. The molecule has 0 aromatic carbocycles. The topological polar surface area (TPSA) is 0 Å². The number of hydrogen-bond acceptors (Lipinski definition) is 0. The first-order valence-corrected chi connectivity index (χ1v) is 3.20. The van der Waals surface area contributed by atoms with E-state index in [-0.39, 0.29) is 0 Å². The van der Waals surface area contributed by atoms with Gasteiger partial charge in [-0.25, -0.2) is 0 Å². The Kier molecular flexibility index (Phi) is 3.78. The minimum Gasteiger partial charge on any atom is -0.0985 e. The molecule has 0 radical (unpaired) electrons. The lowest BCUT2D eigenvalue weighted by Gasteiger charge is -1.96. The van der Waals surface area contributed by atoms with Crippen molar-refractivity contribution < 1.29 is 0 Å². The molecule has 0 saturated carbocycles. The van der Waals surface area contributed by atoms with Crippen LogP contribution < -0.4 is 0 Å². The van der Waals surface area contributed by atoms with Crippen molar-refractivity contribution in [3.05, 3.63) is 36.5 Å². The summed E-state index contributed by atoms with van der Waals surface area (Å²) in [6, 6.07) is 0. The summed E-state index contributed by atoms with van der Waals surface area (Å²) in [5, 5.41) is 0. The van der Waals surface area contributed by atoms with Crippen LogP contribution in [0.3, 0.4) is 0 Å². The Morgan fingerprint density at radius 2 is 2.11 bits per heavy atom. The highest BCUT2D eigenvalue weighted by molar-refractivity contribution is 5.34. The minimum atomic E-state index is 1.05. The standard InChI is InChI=1S/C9H14/c1-5-7-9(6-2)8(3)4/h6-7H,2-3,5H2,1,4H3/b9-7-. The Bertz CT molecular complexity index is 138. The number of hydrogen-bond donors (Lipinski definition) is 0. The molecule has 0 heteroatoms. The summed E-state index contributed by atoms with van der Waals surface area (Å²) >= 11 is 0. The fourth-order valence-corrected chi connectivity index (χ4v) is 0.652. The Morgan fingerprint density at radius 3 is 2.22 bits per heavy atom. The zero-order valence-corrected chi connectivity index (χ0v) is 6.28. The molecule has 0 amide bonds. The van der Waals surface area contributed by atoms with Gasteiger partial charge in [0.15, 0.2) is 0 Å². The van der Waals surface area contributed by atoms with Crippen LogP contribution in [0.4, 0.5) is 0 Å². The predicted molar refractivity (Wildman–Crippen MR) is 43.4 cm³/mol. The van der Waals surface area contributed by atoms with E-state index in [1.165, 1.54) is 0 Å². The van der Waals surface area contributed by atoms with Crippen LogP contribution in [0.25, 0.3) is 0 Å². The van der Waals surface area contributed by atoms with Crippen molar-refractivity contribution in [1.29, 1.82) is 0 Å². The highest BCUT2D eigenvalue weighted by Crippen LogP contribution is 2.07. The lowest BCUT2D eigenvalue weighted by molar-refractivity contribution is 1.20. The SMILES string of the molecule is C=C/C(=C/CC)C(=C)C. The average Bonchev–Trinajstić information content (AvgIpc) is 1.82. The van der Waals surface area contributed by atoms with E-state index in [1.807, 2.05) is 13.0 Å². The van der Waals surface area contributed by atoms with Gasteiger partial charge < -0.3 is 0 Å². The third-order valence-corrected chi connectivity index (χ3v) is 1.14. The van der Waals surface area contributed by atoms with Crippen LogP contribution in [0.2, 0.25) is 0 Å². The van der Waals surface area contributed by atoms with E-state index in [1.54, 1.807) is 0 Å². The molecule has 0 aliphatic heterocycles. The molecule has 0 aliphatic carbocycles. The van der Waals surface area contributed by atoms with Crippen LogP contribution >= 0.6 is 0 Å². The van der Waals surface area contributed by atoms with Crippen LogP contribution in [0.15, 0.2) is 36.5 Å². The van der Waals surface area contributed by atoms with E-state index in [0.717, 1.165) is 17.6 Å². The van der Waals surface area contributed by atoms with Crippen LogP contribution in [0.5, 0.6) is 0 Å². The van der Waals surface area contributed by atoms with Crippen molar-refractivity contribution in [2.45, 2.75) is 20.3 Å². The molecule has 9 heavy (non-hydrogen) atoms. The highest BCUT2D eigenvalue weighted by Gasteiger charge is 1.87. The lowest BCUT2D eigenvalue weighted by Crippen LogP contribution is -1.76. The maximum atomic E-state index is 3.81. The van der Waals surface area contributed by atoms with Crippen LogP contribution in [0.1, 0.15) is 20.3 Å². The van der Waals surface area contributed by atoms with E-state index >= 15 is 0 Å². The van der Waals surface area contributed by atoms with E-state index in [0.29, 0.717) is 0 Å². The molecule has 0 aromatic heterocycles. The predicted octanol–water partition coefficient (Wildman–Crippen LogP) is 3.08. The van der Waals surface area contributed by atoms with Gasteiger partial charge in [0.2, 0.25) is 0 Å². The fourth-order valence-electron chi connectivity index (χ4n) is 0.652. The van der Waals surface area contributed by atoms with Gasteiger partial charge in [0.25, 0.3) is 0 Å². The molecule has 0 atom stereocenters. The second kappa shape index (κ2) is 4.13. The van der Waals surface area contributed by atoms with Gasteiger partial charge in [0, 0.05) is 0 Å². The summed E-state index contributed by atoms with van der Waals surface area (Å²) in [4.78, 5) is 0. The van der Waals surface area contributed by atoms with Crippen LogP contribution in [0, 0.1) is 0 Å². The van der Waals surface area contributed by atoms with Gasteiger partial charge in [-0.05, 0) is 18.9 Å². The molecule has 0 unspecified atom stereocenters. The van der Waals surface area contributed by atoms with Gasteiger partial charge in [-0.1, -0.05) is 37.8 Å². The maximum absolute atomic E-state index is 3.81. The first-order chi connectivity index (χ1) is 4.22. The molecular weight excluding hydrogens is 108 g/mol. The minimum absolute atomic E-state index is 1.05. The lowest BCUT2D eigenvalue weighted by atomic mass is 10.1. The Labute approximate surface area is 57.6 Å². The first-order valence-electron chi connectivity index (χ1n) is 3.20. The molecule has 0 nitrogen and oxygen atoms in total. The number of rotatable bonds is 3. The summed E-state index contributed by atoms with van der Waals surface area (Å²) in [6.45, 7) is 11.6. The van der Waals surface area contributed by atoms with Crippen LogP contribution in [-0.4, -0.2) is 0 Å². The first kappa shape index (κ1) is 8.22. The quantitative estimate of drug-likeness (QED) is 0.504. The van der Waals surface area contributed by atoms with Gasteiger partial charge in [-0.3, -0.25) is 0 Å². The molecule has 0 rings (SSSR count). The van der Waals surface area contributed by atoms with Gasteiger partial charge in [0.05, 0.1) is 0 Å². The van der Waals surface area contributed by atoms with Gasteiger partial charge >= 0.3 is 0 Å². The Hall–Kier alpha value is -0.780. The van der Waals surface area contributed by atoms with E-state index in [2.05, 4.69) is 26.2 Å². The van der Waals surface area contributed by atoms with Crippen molar-refractivity contribution in [3.63, 3.8) is 0 Å². The molecule has 50 valence electrons. The monoisotopic (exact) mass is 122 g/mol. The van der Waals surface area contributed by atoms with Gasteiger partial charge in [-0.2, -0.15) is 0 Å². The summed E-state index contributed by atoms with van der Waals surface area (Å²) in [6.07, 6.45) is 5.01. The molecule has 0 aliphatic rings. The van der Waals surface area contributed by atoms with E-state index in [4.69, 9.17) is 0 Å². The Morgan fingerprint density at radius 1 is 1.56 bits per heavy atom. The average molecular weight is 122 g/mol. The smallest absolute Gasteiger partial charge is 0.0279 e. The second-order valence-electron chi connectivity index (χ2n) is 2.05. The van der Waals surface area contributed by atoms with Gasteiger partial charge in [-0.15, -0.1) is 0 Å². The molecule has 0 N–H and O–H groups in total. The summed E-state index contributed by atoms with van der Waals surface area (Å²) in [5.41, 5.74) is 2.25. The van der Waals surface area contributed by atoms with Crippen molar-refractivity contribution in [1.82, 2.24) is 0 Å². The molecule has 0 bridgehead atoms. The summed E-state index contributed by atoms with van der Waals surface area (Å²) in [5.74, 6) is 0. The van der Waals surface area contributed by atoms with Crippen LogP contribution in [-0.2, 0) is 0 Å². The van der Waals surface area contributed by atoms with E-state index in [9.17, 15) is 0 Å². The van der Waals surface area contributed by atoms with Crippen molar-refractivity contribution in [2.75, 3.05) is 0 Å². The third-order valence-electron chi connectivity index (χ3n) is 1.14. The normalized spacial score (nSPS) is 11.1. The zero-order valence-electron chi connectivity index (χ0n) is 6.28. The molecule has 0 spiro atoms. The van der Waals surface area contributed by atoms with Crippen molar-refractivity contribution in [3.8, 4) is 0 Å². The zero-order chi connectivity index (χ0) is 7.28. The molecule has 0 heterocycles. The van der Waals surface area contributed by atoms with Crippen molar-refractivity contribution in [2.24, 2.45) is 0 Å².